The number of hydrogen-bond donors (Lipinski definition) is 1. The van der Waals surface area contributed by atoms with Crippen LogP contribution in [0.15, 0.2) is 17.0 Å². The lowest BCUT2D eigenvalue weighted by atomic mass is 10.2. The van der Waals surface area contributed by atoms with E-state index in [4.69, 9.17) is 9.47 Å². The minimum absolute atomic E-state index is 0.169. The molecule has 0 amide bonds. The molecule has 0 atom stereocenters. The zero-order valence-corrected chi connectivity index (χ0v) is 12.6. The van der Waals surface area contributed by atoms with Gasteiger partial charge in [0.1, 0.15) is 13.2 Å². The van der Waals surface area contributed by atoms with E-state index in [-0.39, 0.29) is 35.7 Å². The maximum atomic E-state index is 12.5. The number of ether oxygens (including phenoxy) is 2. The zero-order chi connectivity index (χ0) is 15.7. The van der Waals surface area contributed by atoms with Crippen LogP contribution < -0.4 is 14.2 Å². The summed E-state index contributed by atoms with van der Waals surface area (Å²) in [5.74, 6) is 0.404. The Kier molecular flexibility index (Phi) is 3.92. The van der Waals surface area contributed by atoms with Crippen LogP contribution in [0.5, 0.6) is 11.5 Å². The molecular formula is C13H16N2O6S. The molecule has 1 aliphatic carbocycles. The molecule has 1 saturated carbocycles. The molecule has 22 heavy (non-hydrogen) atoms. The molecule has 1 aromatic rings. The summed E-state index contributed by atoms with van der Waals surface area (Å²) in [7, 11) is -3.98. The highest BCUT2D eigenvalue weighted by molar-refractivity contribution is 7.89. The van der Waals surface area contributed by atoms with Crippen molar-refractivity contribution < 1.29 is 22.8 Å². The van der Waals surface area contributed by atoms with E-state index in [1.807, 2.05) is 0 Å². The summed E-state index contributed by atoms with van der Waals surface area (Å²) in [4.78, 5) is 10.1. The van der Waals surface area contributed by atoms with Crippen LogP contribution in [0.25, 0.3) is 0 Å². The Hall–Kier alpha value is -1.87. The fourth-order valence-corrected chi connectivity index (χ4v) is 4.22. The maximum absolute atomic E-state index is 12.5. The van der Waals surface area contributed by atoms with Crippen LogP contribution in [0.2, 0.25) is 0 Å². The standard InChI is InChI=1S/C13H16N2O6S/c16-15(17)10-7-11-12(21-6-5-20-11)8-13(10)22(18,19)14-9-3-1-2-4-9/h7-9,14H,1-6H2. The number of fused-ring (bicyclic) bond motifs is 1. The fraction of sp³-hybridized carbons (Fsp3) is 0.538. The van der Waals surface area contributed by atoms with Crippen molar-refractivity contribution in [3.8, 4) is 11.5 Å². The van der Waals surface area contributed by atoms with Crippen molar-refractivity contribution >= 4 is 15.7 Å². The van der Waals surface area contributed by atoms with Crippen molar-refractivity contribution in [3.63, 3.8) is 0 Å². The van der Waals surface area contributed by atoms with Crippen LogP contribution in [0.3, 0.4) is 0 Å². The first-order chi connectivity index (χ1) is 10.5. The van der Waals surface area contributed by atoms with E-state index in [2.05, 4.69) is 4.72 Å². The Balaban J connectivity index is 2.01. The number of rotatable bonds is 4. The highest BCUT2D eigenvalue weighted by atomic mass is 32.2. The number of benzene rings is 1. The van der Waals surface area contributed by atoms with Gasteiger partial charge in [-0.05, 0) is 12.8 Å². The van der Waals surface area contributed by atoms with E-state index < -0.39 is 20.6 Å². The molecule has 1 heterocycles. The van der Waals surface area contributed by atoms with E-state index in [1.165, 1.54) is 6.07 Å². The first-order valence-electron chi connectivity index (χ1n) is 7.08. The molecule has 9 heteroatoms. The maximum Gasteiger partial charge on any atom is 0.293 e. The van der Waals surface area contributed by atoms with Gasteiger partial charge in [-0.1, -0.05) is 12.8 Å². The van der Waals surface area contributed by atoms with Crippen molar-refractivity contribution in [2.75, 3.05) is 13.2 Å². The minimum atomic E-state index is -3.98. The Morgan fingerprint density at radius 1 is 1.14 bits per heavy atom. The van der Waals surface area contributed by atoms with Crippen molar-refractivity contribution in [2.24, 2.45) is 0 Å². The van der Waals surface area contributed by atoms with Gasteiger partial charge in [-0.2, -0.15) is 0 Å². The molecule has 8 nitrogen and oxygen atoms in total. The van der Waals surface area contributed by atoms with Crippen LogP contribution >= 0.6 is 0 Å². The summed E-state index contributed by atoms with van der Waals surface area (Å²) in [6.07, 6.45) is 3.40. The van der Waals surface area contributed by atoms with E-state index in [9.17, 15) is 18.5 Å². The van der Waals surface area contributed by atoms with E-state index in [0.717, 1.165) is 31.7 Å². The Morgan fingerprint density at radius 2 is 1.73 bits per heavy atom. The number of sulfonamides is 1. The number of nitrogens with zero attached hydrogens (tertiary/aromatic N) is 1. The third-order valence-corrected chi connectivity index (χ3v) is 5.34. The summed E-state index contributed by atoms with van der Waals surface area (Å²) >= 11 is 0. The molecule has 0 aromatic heterocycles. The van der Waals surface area contributed by atoms with Crippen LogP contribution in [0.4, 0.5) is 5.69 Å². The van der Waals surface area contributed by atoms with Gasteiger partial charge in [0, 0.05) is 12.1 Å². The van der Waals surface area contributed by atoms with Crippen molar-refractivity contribution in [3.05, 3.63) is 22.2 Å². The van der Waals surface area contributed by atoms with Crippen molar-refractivity contribution in [2.45, 2.75) is 36.6 Å². The lowest BCUT2D eigenvalue weighted by Gasteiger charge is -2.19. The topological polar surface area (TPSA) is 108 Å². The summed E-state index contributed by atoms with van der Waals surface area (Å²) in [5.41, 5.74) is -0.505. The van der Waals surface area contributed by atoms with Gasteiger partial charge in [0.05, 0.1) is 11.0 Å². The molecule has 2 aliphatic rings. The average Bonchev–Trinajstić information content (AvgIpc) is 2.98. The molecule has 1 aromatic carbocycles. The molecule has 0 spiro atoms. The second kappa shape index (κ2) is 5.73. The number of nitro benzene ring substituents is 1. The van der Waals surface area contributed by atoms with Gasteiger partial charge in [-0.15, -0.1) is 0 Å². The number of hydrogen-bond acceptors (Lipinski definition) is 6. The Bertz CT molecular complexity index is 697. The van der Waals surface area contributed by atoms with Crippen molar-refractivity contribution in [1.29, 1.82) is 0 Å². The molecule has 1 fully saturated rings. The first-order valence-corrected chi connectivity index (χ1v) is 8.56. The lowest BCUT2D eigenvalue weighted by molar-refractivity contribution is -0.388. The molecule has 0 bridgehead atoms. The number of nitro groups is 1. The smallest absolute Gasteiger partial charge is 0.293 e. The minimum Gasteiger partial charge on any atom is -0.486 e. The van der Waals surface area contributed by atoms with E-state index in [1.54, 1.807) is 0 Å². The highest BCUT2D eigenvalue weighted by Gasteiger charge is 2.32. The lowest BCUT2D eigenvalue weighted by Crippen LogP contribution is -2.33. The fourth-order valence-electron chi connectivity index (χ4n) is 2.74. The molecule has 120 valence electrons. The van der Waals surface area contributed by atoms with Gasteiger partial charge in [-0.3, -0.25) is 10.1 Å². The van der Waals surface area contributed by atoms with Gasteiger partial charge >= 0.3 is 0 Å². The van der Waals surface area contributed by atoms with Crippen LogP contribution in [0.1, 0.15) is 25.7 Å². The summed E-state index contributed by atoms with van der Waals surface area (Å²) in [5, 5.41) is 11.2. The first kappa shape index (κ1) is 15.0. The zero-order valence-electron chi connectivity index (χ0n) is 11.8. The molecule has 3 rings (SSSR count). The molecule has 1 aliphatic heterocycles. The largest absolute Gasteiger partial charge is 0.486 e. The quantitative estimate of drug-likeness (QED) is 0.664. The predicted octanol–water partition coefficient (Wildman–Crippen LogP) is 1.59. The average molecular weight is 328 g/mol. The van der Waals surface area contributed by atoms with Gasteiger partial charge in [0.25, 0.3) is 5.69 Å². The third kappa shape index (κ3) is 2.86. The summed E-state index contributed by atoms with van der Waals surface area (Å²) in [6, 6.07) is 2.11. The molecular weight excluding hydrogens is 312 g/mol. The van der Waals surface area contributed by atoms with Gasteiger partial charge < -0.3 is 9.47 Å². The molecule has 1 N–H and O–H groups in total. The van der Waals surface area contributed by atoms with E-state index >= 15 is 0 Å². The highest BCUT2D eigenvalue weighted by Crippen LogP contribution is 2.38. The van der Waals surface area contributed by atoms with E-state index in [0.29, 0.717) is 0 Å². The Morgan fingerprint density at radius 3 is 2.32 bits per heavy atom. The summed E-state index contributed by atoms with van der Waals surface area (Å²) in [6.45, 7) is 0.553. The SMILES string of the molecule is O=[N+]([O-])c1cc2c(cc1S(=O)(=O)NC1CCCC1)OCCO2. The summed E-state index contributed by atoms with van der Waals surface area (Å²) < 4.78 is 38.1. The van der Waals surface area contributed by atoms with Gasteiger partial charge in [0.2, 0.25) is 10.0 Å². The molecule has 0 saturated heterocycles. The molecule has 0 radical (unpaired) electrons. The van der Waals surface area contributed by atoms with Gasteiger partial charge in [-0.25, -0.2) is 13.1 Å². The predicted molar refractivity (Wildman–Crippen MR) is 76.7 cm³/mol. The van der Waals surface area contributed by atoms with Crippen LogP contribution in [0, 0.1) is 10.1 Å². The molecule has 0 unspecified atom stereocenters. The second-order valence-corrected chi connectivity index (χ2v) is 7.01. The normalized spacial score (nSPS) is 18.4. The second-order valence-electron chi connectivity index (χ2n) is 5.32. The monoisotopic (exact) mass is 328 g/mol. The Labute approximate surface area is 127 Å². The third-order valence-electron chi connectivity index (χ3n) is 3.79. The van der Waals surface area contributed by atoms with Crippen molar-refractivity contribution in [1.82, 2.24) is 4.72 Å². The number of nitrogens with one attached hydrogen (secondary N) is 1. The van der Waals surface area contributed by atoms with Gasteiger partial charge in [0.15, 0.2) is 16.4 Å². The van der Waals surface area contributed by atoms with Crippen LogP contribution in [-0.4, -0.2) is 32.6 Å². The van der Waals surface area contributed by atoms with Crippen LogP contribution in [-0.2, 0) is 10.0 Å².